The van der Waals surface area contributed by atoms with Crippen molar-refractivity contribution in [2.75, 3.05) is 25.0 Å². The first-order valence-electron chi connectivity index (χ1n) is 15.7. The number of hydrogen-bond donors (Lipinski definition) is 2. The van der Waals surface area contributed by atoms with Crippen LogP contribution in [0.5, 0.6) is 0 Å². The zero-order valence-corrected chi connectivity index (χ0v) is 27.1. The predicted octanol–water partition coefficient (Wildman–Crippen LogP) is 4.68. The number of rotatable bonds is 11. The molecule has 0 bridgehead atoms. The van der Waals surface area contributed by atoms with Crippen LogP contribution in [0.3, 0.4) is 0 Å². The molecule has 1 saturated heterocycles. The molecule has 3 aromatic rings. The predicted molar refractivity (Wildman–Crippen MR) is 171 cm³/mol. The molecular formula is C34H45FN6O4. The maximum absolute atomic E-state index is 14.0. The number of nitrogens with zero attached hydrogens (tertiary/aromatic N) is 4. The third-order valence-electron chi connectivity index (χ3n) is 8.41. The van der Waals surface area contributed by atoms with Crippen molar-refractivity contribution in [2.24, 2.45) is 11.3 Å². The fraction of sp³-hybridized carbons (Fsp3) is 0.500. The van der Waals surface area contributed by atoms with Crippen LogP contribution >= 0.6 is 0 Å². The fourth-order valence-corrected chi connectivity index (χ4v) is 5.58. The average molecular weight is 621 g/mol. The molecule has 1 aliphatic rings. The number of hydrogen-bond acceptors (Lipinski definition) is 5. The van der Waals surface area contributed by atoms with Gasteiger partial charge in [-0.15, -0.1) is 0 Å². The van der Waals surface area contributed by atoms with Crippen molar-refractivity contribution in [2.45, 2.75) is 79.3 Å². The molecule has 1 aromatic carbocycles. The van der Waals surface area contributed by atoms with Crippen molar-refractivity contribution in [3.8, 4) is 0 Å². The lowest BCUT2D eigenvalue weighted by molar-refractivity contribution is -0.141. The van der Waals surface area contributed by atoms with Gasteiger partial charge in [0.1, 0.15) is 23.2 Å². The molecule has 4 amide bonds. The van der Waals surface area contributed by atoms with E-state index in [1.165, 1.54) is 19.1 Å². The van der Waals surface area contributed by atoms with E-state index in [0.717, 1.165) is 12.0 Å². The van der Waals surface area contributed by atoms with Crippen molar-refractivity contribution >= 4 is 35.0 Å². The van der Waals surface area contributed by atoms with Gasteiger partial charge in [-0.05, 0) is 60.9 Å². The molecule has 2 aromatic heterocycles. The summed E-state index contributed by atoms with van der Waals surface area (Å²) in [5, 5.41) is 5.74. The summed E-state index contributed by atoms with van der Waals surface area (Å²) >= 11 is 0. The molecule has 2 N–H and O–H groups in total. The largest absolute Gasteiger partial charge is 0.344 e. The number of halogens is 1. The normalized spacial score (nSPS) is 16.3. The van der Waals surface area contributed by atoms with Gasteiger partial charge in [0, 0.05) is 50.9 Å². The van der Waals surface area contributed by atoms with Gasteiger partial charge < -0.3 is 24.8 Å². The molecule has 10 nitrogen and oxygen atoms in total. The molecule has 242 valence electrons. The van der Waals surface area contributed by atoms with Gasteiger partial charge in [-0.25, -0.2) is 9.37 Å². The molecule has 0 spiro atoms. The summed E-state index contributed by atoms with van der Waals surface area (Å²) in [6.45, 7) is 12.2. The standard InChI is InChI=1S/C34H45FN6O4/c1-7-22(2)31(43)38-30(34(4,5)6)33(45)41-17-8-9-27(41)20-39(18-16-24-10-12-25(35)13-11-24)32(44)28-21-40-19-26(36-23(3)42)14-15-29(40)37-28/h10-15,19,21-22,27,30H,7-9,16-18,20H2,1-6H3,(H,36,42)(H,38,43)/t22-,27+,30-/m1/s1. The van der Waals surface area contributed by atoms with E-state index in [2.05, 4.69) is 15.6 Å². The highest BCUT2D eigenvalue weighted by Gasteiger charge is 2.41. The quantitative estimate of drug-likeness (QED) is 0.323. The van der Waals surface area contributed by atoms with Crippen molar-refractivity contribution in [3.63, 3.8) is 0 Å². The SMILES string of the molecule is CC[C@@H](C)C(=O)N[C@H](C(=O)N1CCC[C@H]1CN(CCc1ccc(F)cc1)C(=O)c1cn2cc(NC(C)=O)ccc2n1)C(C)(C)C. The van der Waals surface area contributed by atoms with Crippen LogP contribution in [0.25, 0.3) is 5.65 Å². The Morgan fingerprint density at radius 1 is 1.09 bits per heavy atom. The van der Waals surface area contributed by atoms with Gasteiger partial charge >= 0.3 is 0 Å². The van der Waals surface area contributed by atoms with Gasteiger partial charge in [0.25, 0.3) is 5.91 Å². The van der Waals surface area contributed by atoms with E-state index < -0.39 is 11.5 Å². The summed E-state index contributed by atoms with van der Waals surface area (Å²) in [6, 6.07) is 8.68. The highest BCUT2D eigenvalue weighted by molar-refractivity contribution is 5.93. The monoisotopic (exact) mass is 620 g/mol. The van der Waals surface area contributed by atoms with Gasteiger partial charge in [-0.3, -0.25) is 19.2 Å². The highest BCUT2D eigenvalue weighted by atomic mass is 19.1. The zero-order chi connectivity index (χ0) is 32.9. The third kappa shape index (κ3) is 8.46. The molecule has 1 aliphatic heterocycles. The molecule has 0 aliphatic carbocycles. The topological polar surface area (TPSA) is 116 Å². The van der Waals surface area contributed by atoms with E-state index in [-0.39, 0.29) is 53.6 Å². The smallest absolute Gasteiger partial charge is 0.274 e. The van der Waals surface area contributed by atoms with Crippen LogP contribution < -0.4 is 10.6 Å². The van der Waals surface area contributed by atoms with E-state index in [9.17, 15) is 23.6 Å². The average Bonchev–Trinajstić information content (AvgIpc) is 3.63. The molecule has 1 fully saturated rings. The molecule has 3 atom stereocenters. The van der Waals surface area contributed by atoms with Crippen molar-refractivity contribution in [3.05, 3.63) is 65.9 Å². The van der Waals surface area contributed by atoms with Crippen molar-refractivity contribution < 1.29 is 23.6 Å². The number of anilines is 1. The van der Waals surface area contributed by atoms with Crippen LogP contribution in [0.4, 0.5) is 10.1 Å². The van der Waals surface area contributed by atoms with E-state index >= 15 is 0 Å². The second-order valence-corrected chi connectivity index (χ2v) is 13.1. The Kier molecular flexibility index (Phi) is 10.6. The van der Waals surface area contributed by atoms with Gasteiger partial charge in [-0.2, -0.15) is 0 Å². The number of fused-ring (bicyclic) bond motifs is 1. The summed E-state index contributed by atoms with van der Waals surface area (Å²) in [4.78, 5) is 60.5. The van der Waals surface area contributed by atoms with E-state index in [0.29, 0.717) is 43.7 Å². The maximum atomic E-state index is 14.0. The van der Waals surface area contributed by atoms with Crippen molar-refractivity contribution in [1.82, 2.24) is 24.5 Å². The molecule has 0 unspecified atom stereocenters. The number of aromatic nitrogens is 2. The van der Waals surface area contributed by atoms with Crippen LogP contribution in [0, 0.1) is 17.2 Å². The Balaban J connectivity index is 1.59. The Labute approximate surface area is 264 Å². The van der Waals surface area contributed by atoms with Gasteiger partial charge in [-0.1, -0.05) is 46.8 Å². The zero-order valence-electron chi connectivity index (χ0n) is 27.1. The van der Waals surface area contributed by atoms with E-state index in [1.54, 1.807) is 46.0 Å². The lowest BCUT2D eigenvalue weighted by atomic mass is 9.85. The summed E-state index contributed by atoms with van der Waals surface area (Å²) in [6.07, 6.45) is 5.99. The first kappa shape index (κ1) is 33.6. The van der Waals surface area contributed by atoms with E-state index in [4.69, 9.17) is 0 Å². The second-order valence-electron chi connectivity index (χ2n) is 13.1. The number of carbonyl (C=O) groups excluding carboxylic acids is 4. The Hall–Kier alpha value is -4.28. The first-order chi connectivity index (χ1) is 21.3. The highest BCUT2D eigenvalue weighted by Crippen LogP contribution is 2.27. The van der Waals surface area contributed by atoms with Crippen LogP contribution in [0.1, 0.15) is 76.9 Å². The molecule has 45 heavy (non-hydrogen) atoms. The van der Waals surface area contributed by atoms with Crippen LogP contribution in [0.15, 0.2) is 48.8 Å². The second kappa shape index (κ2) is 14.2. The lowest BCUT2D eigenvalue weighted by Gasteiger charge is -2.37. The number of amides is 4. The number of nitrogens with one attached hydrogen (secondary N) is 2. The minimum Gasteiger partial charge on any atom is -0.344 e. The summed E-state index contributed by atoms with van der Waals surface area (Å²) < 4.78 is 15.2. The third-order valence-corrected chi connectivity index (χ3v) is 8.41. The van der Waals surface area contributed by atoms with Gasteiger partial charge in [0.15, 0.2) is 0 Å². The molecule has 0 radical (unpaired) electrons. The van der Waals surface area contributed by atoms with E-state index in [1.807, 2.05) is 39.5 Å². The fourth-order valence-electron chi connectivity index (χ4n) is 5.58. The molecular weight excluding hydrogens is 575 g/mol. The number of pyridine rings is 1. The minimum atomic E-state index is -0.709. The Morgan fingerprint density at radius 2 is 1.80 bits per heavy atom. The molecule has 3 heterocycles. The number of benzene rings is 1. The number of imidazole rings is 1. The number of carbonyl (C=O) groups is 4. The molecule has 4 rings (SSSR count). The summed E-state index contributed by atoms with van der Waals surface area (Å²) in [5.41, 5.74) is 1.72. The Morgan fingerprint density at radius 3 is 2.44 bits per heavy atom. The number of likely N-dealkylation sites (tertiary alicyclic amines) is 1. The maximum Gasteiger partial charge on any atom is 0.274 e. The molecule has 11 heteroatoms. The van der Waals surface area contributed by atoms with Crippen LogP contribution in [-0.2, 0) is 20.8 Å². The summed E-state index contributed by atoms with van der Waals surface area (Å²) in [5.74, 6) is -1.34. The lowest BCUT2D eigenvalue weighted by Crippen LogP contribution is -2.57. The van der Waals surface area contributed by atoms with Crippen LogP contribution in [0.2, 0.25) is 0 Å². The molecule has 0 saturated carbocycles. The minimum absolute atomic E-state index is 0.147. The van der Waals surface area contributed by atoms with Gasteiger partial charge in [0.05, 0.1) is 5.69 Å². The Bertz CT molecular complexity index is 1530. The first-order valence-corrected chi connectivity index (χ1v) is 15.7. The van der Waals surface area contributed by atoms with Crippen LogP contribution in [-0.4, -0.2) is 74.5 Å². The van der Waals surface area contributed by atoms with Gasteiger partial charge in [0.2, 0.25) is 17.7 Å². The summed E-state index contributed by atoms with van der Waals surface area (Å²) in [7, 11) is 0. The van der Waals surface area contributed by atoms with Crippen molar-refractivity contribution in [1.29, 1.82) is 0 Å².